The fourth-order valence-corrected chi connectivity index (χ4v) is 1.92. The van der Waals surface area contributed by atoms with E-state index in [0.717, 1.165) is 24.5 Å². The molecule has 1 rings (SSSR count). The predicted octanol–water partition coefficient (Wildman–Crippen LogP) is 4.45. The van der Waals surface area contributed by atoms with E-state index in [9.17, 15) is 9.59 Å². The van der Waals surface area contributed by atoms with Gasteiger partial charge in [0.1, 0.15) is 0 Å². The first-order valence-corrected chi connectivity index (χ1v) is 7.87. The van der Waals surface area contributed by atoms with Gasteiger partial charge in [0.25, 0.3) is 0 Å². The number of hydrogen-bond acceptors (Lipinski definition) is 4. The van der Waals surface area contributed by atoms with Crippen LogP contribution >= 0.6 is 23.2 Å². The van der Waals surface area contributed by atoms with Crippen molar-refractivity contribution in [2.24, 2.45) is 0 Å². The Morgan fingerprint density at radius 2 is 1.65 bits per heavy atom. The summed E-state index contributed by atoms with van der Waals surface area (Å²) in [6.45, 7) is 3.97. The number of esters is 2. The van der Waals surface area contributed by atoms with Crippen molar-refractivity contribution in [2.75, 3.05) is 13.2 Å². The average Bonchev–Trinajstić information content (AvgIpc) is 2.54. The van der Waals surface area contributed by atoms with Gasteiger partial charge in [0.2, 0.25) is 0 Å². The van der Waals surface area contributed by atoms with Crippen LogP contribution in [0.1, 0.15) is 24.8 Å². The van der Waals surface area contributed by atoms with Gasteiger partial charge in [0, 0.05) is 12.2 Å². The molecule has 0 saturated heterocycles. The maximum atomic E-state index is 11.5. The van der Waals surface area contributed by atoms with Crippen molar-refractivity contribution in [3.05, 3.63) is 52.5 Å². The van der Waals surface area contributed by atoms with E-state index in [1.54, 1.807) is 24.3 Å². The molecule has 0 fully saturated rings. The first-order valence-electron chi connectivity index (χ1n) is 7.12. The smallest absolute Gasteiger partial charge is 0.330 e. The molecule has 0 atom stereocenters. The number of halogens is 2. The fraction of sp³-hybridized carbons (Fsp3) is 0.294. The molecule has 0 aliphatic carbocycles. The lowest BCUT2D eigenvalue weighted by Crippen LogP contribution is -2.04. The highest BCUT2D eigenvalue weighted by atomic mass is 35.5. The number of benzene rings is 1. The first kappa shape index (κ1) is 19.3. The molecule has 0 aliphatic rings. The van der Waals surface area contributed by atoms with Gasteiger partial charge in [-0.05, 0) is 43.0 Å². The van der Waals surface area contributed by atoms with Crippen LogP contribution in [0.4, 0.5) is 0 Å². The summed E-state index contributed by atoms with van der Waals surface area (Å²) in [4.78, 5) is 22.3. The van der Waals surface area contributed by atoms with Gasteiger partial charge in [-0.1, -0.05) is 35.8 Å². The van der Waals surface area contributed by atoms with Gasteiger partial charge in [-0.3, -0.25) is 0 Å². The quantitative estimate of drug-likeness (QED) is 0.372. The van der Waals surface area contributed by atoms with E-state index >= 15 is 0 Å². The Morgan fingerprint density at radius 3 is 2.26 bits per heavy atom. The molecule has 23 heavy (non-hydrogen) atoms. The largest absolute Gasteiger partial charge is 0.463 e. The Balaban J connectivity index is 2.16. The van der Waals surface area contributed by atoms with Gasteiger partial charge in [-0.2, -0.15) is 0 Å². The zero-order valence-electron chi connectivity index (χ0n) is 12.6. The molecule has 0 amide bonds. The fourth-order valence-electron chi connectivity index (χ4n) is 1.61. The van der Waals surface area contributed by atoms with Crippen LogP contribution in [0.15, 0.2) is 36.9 Å². The van der Waals surface area contributed by atoms with Gasteiger partial charge in [-0.25, -0.2) is 9.59 Å². The number of ether oxygens (including phenoxy) is 2. The van der Waals surface area contributed by atoms with Crippen LogP contribution < -0.4 is 0 Å². The van der Waals surface area contributed by atoms with Crippen LogP contribution in [0, 0.1) is 0 Å². The third-order valence-electron chi connectivity index (χ3n) is 2.80. The third kappa shape index (κ3) is 8.43. The molecular weight excluding hydrogens is 339 g/mol. The van der Waals surface area contributed by atoms with Crippen molar-refractivity contribution < 1.29 is 19.1 Å². The minimum Gasteiger partial charge on any atom is -0.463 e. The molecule has 0 aromatic heterocycles. The summed E-state index contributed by atoms with van der Waals surface area (Å²) in [5.41, 5.74) is 0.764. The van der Waals surface area contributed by atoms with Crippen molar-refractivity contribution in [1.82, 2.24) is 0 Å². The predicted molar refractivity (Wildman–Crippen MR) is 91.5 cm³/mol. The second-order valence-electron chi connectivity index (χ2n) is 4.61. The van der Waals surface area contributed by atoms with Gasteiger partial charge >= 0.3 is 11.9 Å². The number of carbonyl (C=O) groups is 2. The van der Waals surface area contributed by atoms with Crippen LogP contribution in [0.2, 0.25) is 10.0 Å². The zero-order valence-corrected chi connectivity index (χ0v) is 14.1. The van der Waals surface area contributed by atoms with Crippen molar-refractivity contribution in [1.29, 1.82) is 0 Å². The molecule has 124 valence electrons. The van der Waals surface area contributed by atoms with E-state index in [-0.39, 0.29) is 0 Å². The molecule has 6 heteroatoms. The maximum Gasteiger partial charge on any atom is 0.330 e. The van der Waals surface area contributed by atoms with E-state index in [2.05, 4.69) is 6.58 Å². The van der Waals surface area contributed by atoms with Gasteiger partial charge in [0.15, 0.2) is 0 Å². The molecule has 0 bridgehead atoms. The molecule has 1 aromatic carbocycles. The van der Waals surface area contributed by atoms with Crippen LogP contribution in [0.25, 0.3) is 6.08 Å². The molecule has 0 aliphatic heterocycles. The second-order valence-corrected chi connectivity index (χ2v) is 5.42. The monoisotopic (exact) mass is 356 g/mol. The summed E-state index contributed by atoms with van der Waals surface area (Å²) in [5, 5.41) is 0.893. The van der Waals surface area contributed by atoms with Crippen molar-refractivity contribution in [3.63, 3.8) is 0 Å². The lowest BCUT2D eigenvalue weighted by molar-refractivity contribution is -0.138. The summed E-state index contributed by atoms with van der Waals surface area (Å²) >= 11 is 11.7. The highest BCUT2D eigenvalue weighted by molar-refractivity contribution is 6.42. The summed E-state index contributed by atoms with van der Waals surface area (Å²) in [6.07, 6.45) is 6.30. The van der Waals surface area contributed by atoms with Crippen molar-refractivity contribution in [3.8, 4) is 0 Å². The summed E-state index contributed by atoms with van der Waals surface area (Å²) < 4.78 is 9.89. The molecule has 1 aromatic rings. The Morgan fingerprint density at radius 1 is 1.00 bits per heavy atom. The minimum absolute atomic E-state index is 0.319. The van der Waals surface area contributed by atoms with Crippen LogP contribution in [0.5, 0.6) is 0 Å². The molecular formula is C17H18Cl2O4. The lowest BCUT2D eigenvalue weighted by atomic mass is 10.2. The number of unbranched alkanes of at least 4 members (excludes halogenated alkanes) is 2. The number of hydrogen-bond donors (Lipinski definition) is 0. The molecule has 0 spiro atoms. The second kappa shape index (κ2) is 10.9. The van der Waals surface area contributed by atoms with Crippen LogP contribution in [-0.4, -0.2) is 25.2 Å². The number of carbonyl (C=O) groups excluding carboxylic acids is 2. The topological polar surface area (TPSA) is 52.6 Å². The van der Waals surface area contributed by atoms with E-state index < -0.39 is 11.9 Å². The van der Waals surface area contributed by atoms with E-state index in [4.69, 9.17) is 32.7 Å². The molecule has 0 radical (unpaired) electrons. The Bertz CT molecular complexity index is 582. The van der Waals surface area contributed by atoms with E-state index in [1.165, 1.54) is 6.08 Å². The highest BCUT2D eigenvalue weighted by Crippen LogP contribution is 2.23. The summed E-state index contributed by atoms with van der Waals surface area (Å²) in [6, 6.07) is 5.08. The van der Waals surface area contributed by atoms with Crippen molar-refractivity contribution >= 4 is 41.2 Å². The van der Waals surface area contributed by atoms with E-state index in [0.29, 0.717) is 29.7 Å². The Kier molecular flexibility index (Phi) is 9.10. The maximum absolute atomic E-state index is 11.5. The summed E-state index contributed by atoms with van der Waals surface area (Å²) in [5.74, 6) is -0.849. The van der Waals surface area contributed by atoms with Crippen molar-refractivity contribution in [2.45, 2.75) is 19.3 Å². The zero-order chi connectivity index (χ0) is 17.1. The first-order chi connectivity index (χ1) is 11.0. The highest BCUT2D eigenvalue weighted by Gasteiger charge is 2.00. The Labute approximate surface area is 145 Å². The molecule has 0 heterocycles. The third-order valence-corrected chi connectivity index (χ3v) is 3.54. The summed E-state index contributed by atoms with van der Waals surface area (Å²) in [7, 11) is 0. The normalized spacial score (nSPS) is 10.5. The molecule has 0 unspecified atom stereocenters. The molecule has 4 nitrogen and oxygen atoms in total. The van der Waals surface area contributed by atoms with Gasteiger partial charge < -0.3 is 9.47 Å². The Hall–Kier alpha value is -1.78. The number of rotatable bonds is 9. The van der Waals surface area contributed by atoms with Gasteiger partial charge in [0.05, 0.1) is 23.3 Å². The lowest BCUT2D eigenvalue weighted by Gasteiger charge is -2.03. The standard InChI is InChI=1S/C17H18Cl2O4/c1-2-16(20)22-10-4-3-5-11-23-17(21)9-7-13-6-8-14(18)15(19)12-13/h2,6-9,12H,1,3-5,10-11H2/b9-7+. The van der Waals surface area contributed by atoms with Crippen LogP contribution in [0.3, 0.4) is 0 Å². The SMILES string of the molecule is C=CC(=O)OCCCCCOC(=O)/C=C/c1ccc(Cl)c(Cl)c1. The van der Waals surface area contributed by atoms with Gasteiger partial charge in [-0.15, -0.1) is 0 Å². The minimum atomic E-state index is -0.427. The average molecular weight is 357 g/mol. The van der Waals surface area contributed by atoms with E-state index in [1.807, 2.05) is 0 Å². The molecule has 0 saturated carbocycles. The molecule has 0 N–H and O–H groups in total. The van der Waals surface area contributed by atoms with Crippen LogP contribution in [-0.2, 0) is 19.1 Å².